The smallest absolute Gasteiger partial charge is 0.306 e. The van der Waals surface area contributed by atoms with Crippen molar-refractivity contribution in [2.75, 3.05) is 6.61 Å². The lowest BCUT2D eigenvalue weighted by Crippen LogP contribution is -2.71. The number of aliphatic hydroxyl groups excluding tert-OH is 2. The molecule has 9 atom stereocenters. The molecule has 2 N–H and O–H groups in total. The van der Waals surface area contributed by atoms with E-state index >= 15 is 4.39 Å². The quantitative estimate of drug-likeness (QED) is 0.559. The standard InChI is InChI=1S/C27H41FO6/c1-5-6-7-23(33)34-27(22(32)15-29)16(2)12-20-19-9-8-17-13-18(30)10-11-24(17,3)26(19,28)21(31)14-25(20,27)4/h16-17,19-21,29,31H,5-15H2,1-4H3/t16-,17+,19+,20+,21+,24+,25+,26+,27-/m1/s1. The van der Waals surface area contributed by atoms with E-state index in [0.717, 1.165) is 6.42 Å². The molecular formula is C27H41FO6. The third-order valence-electron chi connectivity index (χ3n) is 10.7. The van der Waals surface area contributed by atoms with Crippen LogP contribution in [-0.2, 0) is 19.1 Å². The number of alkyl halides is 1. The van der Waals surface area contributed by atoms with Gasteiger partial charge in [0.1, 0.15) is 18.1 Å². The zero-order valence-electron chi connectivity index (χ0n) is 21.1. The topological polar surface area (TPSA) is 101 Å². The Morgan fingerprint density at radius 2 is 1.88 bits per heavy atom. The van der Waals surface area contributed by atoms with Gasteiger partial charge in [-0.2, -0.15) is 0 Å². The lowest BCUT2D eigenvalue weighted by molar-refractivity contribution is -0.257. The minimum Gasteiger partial charge on any atom is -0.450 e. The van der Waals surface area contributed by atoms with Crippen LogP contribution in [0.25, 0.3) is 0 Å². The van der Waals surface area contributed by atoms with Crippen molar-refractivity contribution in [3.05, 3.63) is 0 Å². The third-order valence-corrected chi connectivity index (χ3v) is 10.7. The van der Waals surface area contributed by atoms with Gasteiger partial charge < -0.3 is 14.9 Å². The fourth-order valence-electron chi connectivity index (χ4n) is 8.91. The summed E-state index contributed by atoms with van der Waals surface area (Å²) in [6, 6.07) is 0. The zero-order valence-corrected chi connectivity index (χ0v) is 21.1. The summed E-state index contributed by atoms with van der Waals surface area (Å²) in [7, 11) is 0. The lowest BCUT2D eigenvalue weighted by atomic mass is 9.42. The number of halogens is 1. The van der Waals surface area contributed by atoms with Crippen molar-refractivity contribution in [2.45, 2.75) is 109 Å². The number of Topliss-reactive ketones (excluding diaryl/α,β-unsaturated/α-hetero) is 2. The molecule has 7 heteroatoms. The van der Waals surface area contributed by atoms with Gasteiger partial charge in [-0.15, -0.1) is 0 Å². The van der Waals surface area contributed by atoms with Gasteiger partial charge in [0.25, 0.3) is 0 Å². The molecule has 4 fully saturated rings. The maximum atomic E-state index is 17.4. The van der Waals surface area contributed by atoms with E-state index in [1.165, 1.54) is 0 Å². The van der Waals surface area contributed by atoms with Gasteiger partial charge in [-0.25, -0.2) is 4.39 Å². The molecule has 192 valence electrons. The van der Waals surface area contributed by atoms with Crippen LogP contribution in [0.4, 0.5) is 4.39 Å². The Morgan fingerprint density at radius 3 is 2.53 bits per heavy atom. The molecule has 0 aromatic rings. The lowest BCUT2D eigenvalue weighted by Gasteiger charge is -2.65. The van der Waals surface area contributed by atoms with Crippen molar-refractivity contribution >= 4 is 17.5 Å². The minimum atomic E-state index is -1.87. The van der Waals surface area contributed by atoms with Crippen molar-refractivity contribution in [3.63, 3.8) is 0 Å². The fraction of sp³-hybridized carbons (Fsp3) is 0.889. The fourth-order valence-corrected chi connectivity index (χ4v) is 8.91. The van der Waals surface area contributed by atoms with Crippen LogP contribution < -0.4 is 0 Å². The number of rotatable bonds is 6. The Labute approximate surface area is 202 Å². The van der Waals surface area contributed by atoms with Gasteiger partial charge in [0, 0.05) is 36.0 Å². The van der Waals surface area contributed by atoms with E-state index in [-0.39, 0.29) is 30.5 Å². The van der Waals surface area contributed by atoms with Crippen LogP contribution in [0.3, 0.4) is 0 Å². The summed E-state index contributed by atoms with van der Waals surface area (Å²) in [5.41, 5.74) is -5.25. The summed E-state index contributed by atoms with van der Waals surface area (Å²) in [5, 5.41) is 21.5. The van der Waals surface area contributed by atoms with Crippen LogP contribution in [0.2, 0.25) is 0 Å². The van der Waals surface area contributed by atoms with Crippen LogP contribution in [-0.4, -0.2) is 51.7 Å². The molecule has 0 radical (unpaired) electrons. The average Bonchev–Trinajstić information content (AvgIpc) is 3.00. The molecule has 4 aliphatic carbocycles. The van der Waals surface area contributed by atoms with E-state index < -0.39 is 58.4 Å². The van der Waals surface area contributed by atoms with Crippen LogP contribution >= 0.6 is 0 Å². The van der Waals surface area contributed by atoms with Crippen LogP contribution in [0.5, 0.6) is 0 Å². The van der Waals surface area contributed by atoms with Gasteiger partial charge in [0.05, 0.1) is 6.10 Å². The molecule has 0 spiro atoms. The molecule has 6 nitrogen and oxygen atoms in total. The van der Waals surface area contributed by atoms with E-state index in [1.807, 2.05) is 27.7 Å². The Morgan fingerprint density at radius 1 is 1.18 bits per heavy atom. The number of aliphatic hydroxyl groups is 2. The van der Waals surface area contributed by atoms with Crippen LogP contribution in [0, 0.1) is 34.5 Å². The van der Waals surface area contributed by atoms with Gasteiger partial charge in [0.2, 0.25) is 5.78 Å². The molecule has 0 aromatic heterocycles. The number of ether oxygens (including phenoxy) is 1. The molecule has 0 unspecified atom stereocenters. The summed E-state index contributed by atoms with van der Waals surface area (Å²) >= 11 is 0. The van der Waals surface area contributed by atoms with Crippen molar-refractivity contribution in [1.29, 1.82) is 0 Å². The average molecular weight is 481 g/mol. The van der Waals surface area contributed by atoms with Crippen molar-refractivity contribution in [3.8, 4) is 0 Å². The molecule has 0 aromatic carbocycles. The SMILES string of the molecule is CCCCC(=O)O[C@@]1(C(=O)CO)[C@H](C)C[C@H]2[C@@H]3CC[C@H]4CC(=O)CC[C@]4(C)[C@@]3(F)[C@@H](O)C[C@@]21C. The molecule has 4 aliphatic rings. The van der Waals surface area contributed by atoms with E-state index in [0.29, 0.717) is 44.9 Å². The maximum Gasteiger partial charge on any atom is 0.306 e. The highest BCUT2D eigenvalue weighted by Crippen LogP contribution is 2.72. The molecule has 0 aliphatic heterocycles. The summed E-state index contributed by atoms with van der Waals surface area (Å²) in [6.45, 7) is 6.80. The highest BCUT2D eigenvalue weighted by molar-refractivity contribution is 5.92. The second-order valence-corrected chi connectivity index (χ2v) is 12.1. The van der Waals surface area contributed by atoms with E-state index in [4.69, 9.17) is 4.74 Å². The third kappa shape index (κ3) is 3.21. The second-order valence-electron chi connectivity index (χ2n) is 12.1. The molecule has 0 heterocycles. The monoisotopic (exact) mass is 480 g/mol. The number of hydrogen-bond acceptors (Lipinski definition) is 6. The van der Waals surface area contributed by atoms with Gasteiger partial charge in [-0.1, -0.05) is 34.1 Å². The Bertz CT molecular complexity index is 860. The number of hydrogen-bond donors (Lipinski definition) is 2. The molecule has 4 rings (SSSR count). The first-order valence-electron chi connectivity index (χ1n) is 13.2. The summed E-state index contributed by atoms with van der Waals surface area (Å²) in [5.74, 6) is -2.14. The largest absolute Gasteiger partial charge is 0.450 e. The number of unbranched alkanes of at least 4 members (excludes halogenated alkanes) is 1. The number of carbonyl (C=O) groups is 3. The van der Waals surface area contributed by atoms with Gasteiger partial charge >= 0.3 is 5.97 Å². The molecular weight excluding hydrogens is 439 g/mol. The van der Waals surface area contributed by atoms with Gasteiger partial charge in [0.15, 0.2) is 5.60 Å². The first-order valence-corrected chi connectivity index (χ1v) is 13.2. The number of ketones is 2. The molecule has 34 heavy (non-hydrogen) atoms. The van der Waals surface area contributed by atoms with E-state index in [9.17, 15) is 24.6 Å². The van der Waals surface area contributed by atoms with Gasteiger partial charge in [-0.3, -0.25) is 14.4 Å². The summed E-state index contributed by atoms with van der Waals surface area (Å²) in [6.07, 6.45) is 3.11. The number of fused-ring (bicyclic) bond motifs is 5. The van der Waals surface area contributed by atoms with Crippen molar-refractivity contribution in [2.24, 2.45) is 34.5 Å². The Kier molecular flexibility index (Phi) is 6.55. The molecule has 0 bridgehead atoms. The van der Waals surface area contributed by atoms with Crippen LogP contribution in [0.15, 0.2) is 0 Å². The second kappa shape index (κ2) is 8.65. The first kappa shape index (κ1) is 25.7. The predicted molar refractivity (Wildman–Crippen MR) is 123 cm³/mol. The number of esters is 1. The zero-order chi connectivity index (χ0) is 25.1. The molecule has 0 saturated heterocycles. The van der Waals surface area contributed by atoms with Crippen LogP contribution in [0.1, 0.15) is 91.9 Å². The normalized spacial score (nSPS) is 48.0. The Hall–Kier alpha value is -1.34. The first-order chi connectivity index (χ1) is 15.9. The molecule has 4 saturated carbocycles. The summed E-state index contributed by atoms with van der Waals surface area (Å²) < 4.78 is 23.4. The highest BCUT2D eigenvalue weighted by atomic mass is 19.1. The summed E-state index contributed by atoms with van der Waals surface area (Å²) in [4.78, 5) is 38.3. The van der Waals surface area contributed by atoms with Crippen molar-refractivity contribution < 1.29 is 33.7 Å². The van der Waals surface area contributed by atoms with E-state index in [1.54, 1.807) is 0 Å². The predicted octanol–water partition coefficient (Wildman–Crippen LogP) is 3.94. The van der Waals surface area contributed by atoms with E-state index in [2.05, 4.69) is 0 Å². The van der Waals surface area contributed by atoms with Crippen molar-refractivity contribution in [1.82, 2.24) is 0 Å². The highest BCUT2D eigenvalue weighted by Gasteiger charge is 2.77. The number of carbonyl (C=O) groups excluding carboxylic acids is 3. The van der Waals surface area contributed by atoms with Gasteiger partial charge in [-0.05, 0) is 56.3 Å². The molecule has 0 amide bonds. The minimum absolute atomic E-state index is 0.0158. The Balaban J connectivity index is 1.77. The maximum absolute atomic E-state index is 17.4.